The highest BCUT2D eigenvalue weighted by Crippen LogP contribution is 2.21. The Morgan fingerprint density at radius 1 is 1.00 bits per heavy atom. The summed E-state index contributed by atoms with van der Waals surface area (Å²) in [7, 11) is 0. The number of hydrogen-bond acceptors (Lipinski definition) is 4. The molecular formula is C29H35N3O4. The first kappa shape index (κ1) is 26.7. The van der Waals surface area contributed by atoms with E-state index in [2.05, 4.69) is 16.0 Å². The first-order valence-corrected chi connectivity index (χ1v) is 12.3. The lowest BCUT2D eigenvalue weighted by atomic mass is 9.96. The predicted octanol–water partition coefficient (Wildman–Crippen LogP) is 3.92. The number of hydrogen-bond donors (Lipinski definition) is 3. The maximum Gasteiger partial charge on any atom is 0.247 e. The second-order valence-electron chi connectivity index (χ2n) is 9.66. The van der Waals surface area contributed by atoms with E-state index in [9.17, 15) is 14.4 Å². The maximum absolute atomic E-state index is 13.6. The second-order valence-corrected chi connectivity index (χ2v) is 9.66. The van der Waals surface area contributed by atoms with Gasteiger partial charge in [-0.3, -0.25) is 14.4 Å². The van der Waals surface area contributed by atoms with Crippen LogP contribution in [0, 0.1) is 11.8 Å². The number of fused-ring (bicyclic) bond motifs is 10. The molecule has 0 saturated carbocycles. The highest BCUT2D eigenvalue weighted by Gasteiger charge is 2.36. The van der Waals surface area contributed by atoms with Crippen LogP contribution in [0.3, 0.4) is 0 Å². The van der Waals surface area contributed by atoms with Gasteiger partial charge in [0.15, 0.2) is 0 Å². The van der Waals surface area contributed by atoms with Crippen LogP contribution in [-0.2, 0) is 14.4 Å². The van der Waals surface area contributed by atoms with Crippen LogP contribution in [-0.4, -0.2) is 35.9 Å². The molecule has 0 radical (unpaired) electrons. The quantitative estimate of drug-likeness (QED) is 0.536. The molecule has 0 aromatic heterocycles. The number of amides is 3. The highest BCUT2D eigenvalue weighted by molar-refractivity contribution is 5.97. The van der Waals surface area contributed by atoms with Crippen LogP contribution in [0.15, 0.2) is 66.9 Å². The van der Waals surface area contributed by atoms with Gasteiger partial charge in [0.2, 0.25) is 17.7 Å². The van der Waals surface area contributed by atoms with E-state index in [4.69, 9.17) is 4.74 Å². The van der Waals surface area contributed by atoms with Crippen LogP contribution in [0.5, 0.6) is 5.75 Å². The molecule has 0 spiro atoms. The minimum Gasteiger partial charge on any atom is -0.487 e. The van der Waals surface area contributed by atoms with Crippen molar-refractivity contribution in [2.75, 3.05) is 0 Å². The lowest BCUT2D eigenvalue weighted by molar-refractivity contribution is -0.133. The summed E-state index contributed by atoms with van der Waals surface area (Å²) in [6.45, 7) is 7.82. The molecular weight excluding hydrogens is 454 g/mol. The van der Waals surface area contributed by atoms with Gasteiger partial charge in [0.05, 0.1) is 0 Å². The summed E-state index contributed by atoms with van der Waals surface area (Å²) in [4.78, 5) is 39.4. The fraction of sp³-hybridized carbons (Fsp3) is 0.345. The molecule has 2 heterocycles. The van der Waals surface area contributed by atoms with Crippen molar-refractivity contribution >= 4 is 29.9 Å². The number of ether oxygens (including phenoxy) is 1. The average Bonchev–Trinajstić information content (AvgIpc) is 2.85. The Morgan fingerprint density at radius 2 is 1.69 bits per heavy atom. The second kappa shape index (κ2) is 12.7. The molecule has 0 unspecified atom stereocenters. The van der Waals surface area contributed by atoms with Crippen molar-refractivity contribution < 1.29 is 19.1 Å². The monoisotopic (exact) mass is 489 g/mol. The van der Waals surface area contributed by atoms with Crippen molar-refractivity contribution in [2.24, 2.45) is 11.8 Å². The smallest absolute Gasteiger partial charge is 0.247 e. The summed E-state index contributed by atoms with van der Waals surface area (Å²) in [5.74, 6) is -0.611. The van der Waals surface area contributed by atoms with E-state index < -0.39 is 30.0 Å². The fourth-order valence-corrected chi connectivity index (χ4v) is 3.92. The third-order valence-corrected chi connectivity index (χ3v) is 5.79. The molecule has 3 atom stereocenters. The van der Waals surface area contributed by atoms with Crippen molar-refractivity contribution in [1.82, 2.24) is 16.0 Å². The largest absolute Gasteiger partial charge is 0.487 e. The van der Waals surface area contributed by atoms with Crippen LogP contribution < -0.4 is 20.7 Å². The Balaban J connectivity index is 1.94. The summed E-state index contributed by atoms with van der Waals surface area (Å²) in [6, 6.07) is 15.0. The molecule has 2 aliphatic heterocycles. The zero-order valence-electron chi connectivity index (χ0n) is 21.2. The van der Waals surface area contributed by atoms with E-state index in [0.29, 0.717) is 12.2 Å². The summed E-state index contributed by atoms with van der Waals surface area (Å²) >= 11 is 0. The standard InChI is InChI=1S/C29H35N3O4/c1-19(2)18-24-28(34)30-17-16-22-10-13-23(14-11-22)36-27(20(3)4)26(29(35)31-24)32-25(33)15-12-21-8-6-5-7-9-21/h5-17,19-20,24,26-27H,18H2,1-4H3,(H,30,34)(H,31,35)(H,32,33)/b15-12-,17-16-/t24-,26-,27-/m1/s1. The van der Waals surface area contributed by atoms with E-state index in [-0.39, 0.29) is 17.7 Å². The van der Waals surface area contributed by atoms with Crippen molar-refractivity contribution in [2.45, 2.75) is 52.3 Å². The Labute approximate surface area is 213 Å². The van der Waals surface area contributed by atoms with Gasteiger partial charge in [-0.15, -0.1) is 0 Å². The van der Waals surface area contributed by atoms with Crippen molar-refractivity contribution in [1.29, 1.82) is 0 Å². The number of carbonyl (C=O) groups excluding carboxylic acids is 3. The van der Waals surface area contributed by atoms with Crippen molar-refractivity contribution in [3.8, 4) is 5.75 Å². The lowest BCUT2D eigenvalue weighted by Gasteiger charge is -2.32. The first-order valence-electron chi connectivity index (χ1n) is 12.3. The molecule has 7 heteroatoms. The van der Waals surface area contributed by atoms with Crippen molar-refractivity contribution in [3.63, 3.8) is 0 Å². The van der Waals surface area contributed by atoms with Crippen LogP contribution in [0.1, 0.15) is 45.2 Å². The molecule has 2 bridgehead atoms. The third kappa shape index (κ3) is 7.83. The number of nitrogens with one attached hydrogen (secondary N) is 3. The van der Waals surface area contributed by atoms with Crippen LogP contribution in [0.25, 0.3) is 12.2 Å². The van der Waals surface area contributed by atoms with E-state index in [1.165, 1.54) is 6.08 Å². The summed E-state index contributed by atoms with van der Waals surface area (Å²) < 4.78 is 6.24. The first-order chi connectivity index (χ1) is 17.2. The molecule has 3 amide bonds. The fourth-order valence-electron chi connectivity index (χ4n) is 3.92. The molecule has 0 aliphatic carbocycles. The molecule has 0 saturated heterocycles. The lowest BCUT2D eigenvalue weighted by Crippen LogP contribution is -2.59. The Kier molecular flexibility index (Phi) is 9.45. The molecule has 36 heavy (non-hydrogen) atoms. The minimum absolute atomic E-state index is 0.121. The van der Waals surface area contributed by atoms with Crippen LogP contribution in [0.4, 0.5) is 0 Å². The molecule has 2 aromatic rings. The average molecular weight is 490 g/mol. The van der Waals surface area contributed by atoms with Gasteiger partial charge in [-0.2, -0.15) is 0 Å². The molecule has 2 aliphatic rings. The van der Waals surface area contributed by atoms with Crippen molar-refractivity contribution in [3.05, 3.63) is 78.0 Å². The van der Waals surface area contributed by atoms with Gasteiger partial charge in [-0.1, -0.05) is 70.2 Å². The van der Waals surface area contributed by atoms with E-state index in [1.807, 2.05) is 70.2 Å². The highest BCUT2D eigenvalue weighted by atomic mass is 16.5. The van der Waals surface area contributed by atoms with Crippen LogP contribution in [0.2, 0.25) is 0 Å². The van der Waals surface area contributed by atoms with Crippen LogP contribution >= 0.6 is 0 Å². The van der Waals surface area contributed by atoms with E-state index in [0.717, 1.165) is 11.1 Å². The predicted molar refractivity (Wildman–Crippen MR) is 142 cm³/mol. The number of benzene rings is 2. The van der Waals surface area contributed by atoms with Gasteiger partial charge in [-0.25, -0.2) is 0 Å². The number of rotatable bonds is 6. The summed E-state index contributed by atoms with van der Waals surface area (Å²) in [5.41, 5.74) is 1.75. The summed E-state index contributed by atoms with van der Waals surface area (Å²) in [5, 5.41) is 8.44. The minimum atomic E-state index is -1.03. The zero-order valence-corrected chi connectivity index (χ0v) is 21.2. The van der Waals surface area contributed by atoms with E-state index >= 15 is 0 Å². The molecule has 7 nitrogen and oxygen atoms in total. The zero-order chi connectivity index (χ0) is 26.1. The van der Waals surface area contributed by atoms with Gasteiger partial charge in [0.1, 0.15) is 23.9 Å². The normalized spacial score (nSPS) is 21.6. The van der Waals surface area contributed by atoms with Gasteiger partial charge >= 0.3 is 0 Å². The topological polar surface area (TPSA) is 96.5 Å². The van der Waals surface area contributed by atoms with Gasteiger partial charge < -0.3 is 20.7 Å². The molecule has 2 aromatic carbocycles. The molecule has 190 valence electrons. The summed E-state index contributed by atoms with van der Waals surface area (Å²) in [6.07, 6.45) is 6.19. The van der Waals surface area contributed by atoms with Gasteiger partial charge in [-0.05, 0) is 53.7 Å². The third-order valence-electron chi connectivity index (χ3n) is 5.79. The molecule has 4 rings (SSSR count). The number of carbonyl (C=O) groups is 3. The Morgan fingerprint density at radius 3 is 2.33 bits per heavy atom. The maximum atomic E-state index is 13.6. The van der Waals surface area contributed by atoms with E-state index in [1.54, 1.807) is 30.5 Å². The molecule has 3 N–H and O–H groups in total. The van der Waals surface area contributed by atoms with Gasteiger partial charge in [0.25, 0.3) is 0 Å². The Hall–Kier alpha value is -3.87. The molecule has 0 fully saturated rings. The SMILES string of the molecule is CC(C)C[C@H]1NC(=O)[C@H](NC(=O)/C=C\c2ccccc2)[C@@H](C(C)C)Oc2ccc(cc2)/C=C\NC1=O. The Bertz CT molecular complexity index is 1090. The van der Waals surface area contributed by atoms with Gasteiger partial charge in [0, 0.05) is 12.3 Å².